The molecule has 2 aromatic heterocycles. The maximum Gasteiger partial charge on any atom is 0.213 e. The van der Waals surface area contributed by atoms with Crippen molar-refractivity contribution in [2.45, 2.75) is 45.8 Å². The standard InChI is InChI=1S/C16H22N4O/c1-11-15(9-17-13-7-8-13)12(2)20(19-11)10-14-5-4-6-16(18-14)21-3/h4-6,13,17H,7-10H2,1-3H3. The summed E-state index contributed by atoms with van der Waals surface area (Å²) >= 11 is 0. The van der Waals surface area contributed by atoms with E-state index >= 15 is 0 Å². The topological polar surface area (TPSA) is 52.0 Å². The zero-order valence-electron chi connectivity index (χ0n) is 12.9. The zero-order chi connectivity index (χ0) is 14.8. The van der Waals surface area contributed by atoms with Crippen molar-refractivity contribution in [3.8, 4) is 5.88 Å². The first-order valence-electron chi connectivity index (χ1n) is 7.43. The Kier molecular flexibility index (Phi) is 3.92. The number of nitrogens with one attached hydrogen (secondary N) is 1. The number of hydrogen-bond donors (Lipinski definition) is 1. The Bertz CT molecular complexity index is 631. The molecule has 0 amide bonds. The van der Waals surface area contributed by atoms with Crippen molar-refractivity contribution in [1.82, 2.24) is 20.1 Å². The van der Waals surface area contributed by atoms with Gasteiger partial charge in [0.05, 0.1) is 25.0 Å². The third kappa shape index (κ3) is 3.24. The van der Waals surface area contributed by atoms with Crippen molar-refractivity contribution < 1.29 is 4.74 Å². The number of rotatable bonds is 6. The fraction of sp³-hybridized carbons (Fsp3) is 0.500. The molecule has 3 rings (SSSR count). The molecule has 1 aliphatic rings. The molecule has 2 aromatic rings. The highest BCUT2D eigenvalue weighted by atomic mass is 16.5. The summed E-state index contributed by atoms with van der Waals surface area (Å²) in [5, 5.41) is 8.22. The Morgan fingerprint density at radius 1 is 1.33 bits per heavy atom. The summed E-state index contributed by atoms with van der Waals surface area (Å²) < 4.78 is 7.20. The summed E-state index contributed by atoms with van der Waals surface area (Å²) in [5.41, 5.74) is 4.58. The lowest BCUT2D eigenvalue weighted by Gasteiger charge is -2.07. The predicted octanol–water partition coefficient (Wildman–Crippen LogP) is 2.20. The van der Waals surface area contributed by atoms with Gasteiger partial charge in [0.25, 0.3) is 0 Å². The van der Waals surface area contributed by atoms with E-state index in [0.717, 1.165) is 17.9 Å². The van der Waals surface area contributed by atoms with E-state index in [0.29, 0.717) is 18.5 Å². The van der Waals surface area contributed by atoms with E-state index in [2.05, 4.69) is 29.2 Å². The molecule has 0 bridgehead atoms. The highest BCUT2D eigenvalue weighted by molar-refractivity contribution is 5.25. The van der Waals surface area contributed by atoms with E-state index in [9.17, 15) is 0 Å². The molecule has 5 nitrogen and oxygen atoms in total. The quantitative estimate of drug-likeness (QED) is 0.884. The molecule has 0 unspecified atom stereocenters. The van der Waals surface area contributed by atoms with Gasteiger partial charge in [-0.2, -0.15) is 5.10 Å². The van der Waals surface area contributed by atoms with Crippen molar-refractivity contribution >= 4 is 0 Å². The van der Waals surface area contributed by atoms with Crippen LogP contribution in [-0.4, -0.2) is 27.9 Å². The number of ether oxygens (including phenoxy) is 1. The molecule has 0 aromatic carbocycles. The lowest BCUT2D eigenvalue weighted by Crippen LogP contribution is -2.16. The number of hydrogen-bond acceptors (Lipinski definition) is 4. The van der Waals surface area contributed by atoms with E-state index in [1.54, 1.807) is 7.11 Å². The Hall–Kier alpha value is -1.88. The van der Waals surface area contributed by atoms with Crippen LogP contribution < -0.4 is 10.1 Å². The minimum Gasteiger partial charge on any atom is -0.481 e. The average molecular weight is 286 g/mol. The molecule has 0 radical (unpaired) electrons. The average Bonchev–Trinajstić information content (AvgIpc) is 3.27. The first-order chi connectivity index (χ1) is 10.2. The van der Waals surface area contributed by atoms with Crippen LogP contribution in [0.2, 0.25) is 0 Å². The largest absolute Gasteiger partial charge is 0.481 e. The zero-order valence-corrected chi connectivity index (χ0v) is 12.9. The summed E-state index contributed by atoms with van der Waals surface area (Å²) in [7, 11) is 1.64. The second-order valence-corrected chi connectivity index (χ2v) is 5.63. The van der Waals surface area contributed by atoms with Crippen molar-refractivity contribution in [3.05, 3.63) is 40.8 Å². The summed E-state index contributed by atoms with van der Waals surface area (Å²) in [6.07, 6.45) is 2.61. The smallest absolute Gasteiger partial charge is 0.213 e. The Morgan fingerprint density at radius 3 is 2.86 bits per heavy atom. The van der Waals surface area contributed by atoms with E-state index < -0.39 is 0 Å². The van der Waals surface area contributed by atoms with Crippen molar-refractivity contribution in [2.24, 2.45) is 0 Å². The molecule has 1 N–H and O–H groups in total. The van der Waals surface area contributed by atoms with Crippen LogP contribution in [0, 0.1) is 13.8 Å². The molecule has 1 saturated carbocycles. The van der Waals surface area contributed by atoms with Gasteiger partial charge < -0.3 is 10.1 Å². The molecule has 21 heavy (non-hydrogen) atoms. The Labute approximate surface area is 125 Å². The molecule has 1 fully saturated rings. The number of aromatic nitrogens is 3. The van der Waals surface area contributed by atoms with Crippen LogP contribution >= 0.6 is 0 Å². The number of pyridine rings is 1. The second kappa shape index (κ2) is 5.85. The molecule has 0 spiro atoms. The van der Waals surface area contributed by atoms with Crippen molar-refractivity contribution in [3.63, 3.8) is 0 Å². The summed E-state index contributed by atoms with van der Waals surface area (Å²) in [6.45, 7) is 5.79. The van der Waals surface area contributed by atoms with Gasteiger partial charge >= 0.3 is 0 Å². The lowest BCUT2D eigenvalue weighted by atomic mass is 10.2. The fourth-order valence-corrected chi connectivity index (χ4v) is 2.49. The summed E-state index contributed by atoms with van der Waals surface area (Å²) in [5.74, 6) is 0.643. The number of methoxy groups -OCH3 is 1. The monoisotopic (exact) mass is 286 g/mol. The Morgan fingerprint density at radius 2 is 2.14 bits per heavy atom. The van der Waals surface area contributed by atoms with Crippen LogP contribution in [0.4, 0.5) is 0 Å². The third-order valence-corrected chi connectivity index (χ3v) is 3.98. The highest BCUT2D eigenvalue weighted by Crippen LogP contribution is 2.21. The van der Waals surface area contributed by atoms with Gasteiger partial charge in [-0.15, -0.1) is 0 Å². The maximum atomic E-state index is 5.17. The summed E-state index contributed by atoms with van der Waals surface area (Å²) in [6, 6.07) is 6.53. The molecule has 0 atom stereocenters. The number of nitrogens with zero attached hydrogens (tertiary/aromatic N) is 3. The molecule has 1 aliphatic carbocycles. The molecule has 0 saturated heterocycles. The molecular formula is C16H22N4O. The van der Waals surface area contributed by atoms with Gasteiger partial charge in [0.15, 0.2) is 0 Å². The van der Waals surface area contributed by atoms with E-state index in [1.165, 1.54) is 24.1 Å². The minimum absolute atomic E-state index is 0.643. The SMILES string of the molecule is COc1cccc(Cn2nc(C)c(CNC3CC3)c2C)n1. The fourth-order valence-electron chi connectivity index (χ4n) is 2.49. The summed E-state index contributed by atoms with van der Waals surface area (Å²) in [4.78, 5) is 4.45. The van der Waals surface area contributed by atoms with Crippen LogP contribution in [0.15, 0.2) is 18.2 Å². The molecule has 0 aliphatic heterocycles. The van der Waals surface area contributed by atoms with Gasteiger partial charge in [0.1, 0.15) is 0 Å². The van der Waals surface area contributed by atoms with Gasteiger partial charge in [-0.3, -0.25) is 4.68 Å². The molecule has 112 valence electrons. The van der Waals surface area contributed by atoms with Gasteiger partial charge in [-0.05, 0) is 32.8 Å². The first kappa shape index (κ1) is 14.1. The molecular weight excluding hydrogens is 264 g/mol. The van der Waals surface area contributed by atoms with Gasteiger partial charge in [0, 0.05) is 29.9 Å². The van der Waals surface area contributed by atoms with Gasteiger partial charge in [0.2, 0.25) is 5.88 Å². The van der Waals surface area contributed by atoms with E-state index in [1.807, 2.05) is 22.9 Å². The lowest BCUT2D eigenvalue weighted by molar-refractivity contribution is 0.395. The second-order valence-electron chi connectivity index (χ2n) is 5.63. The van der Waals surface area contributed by atoms with Crippen molar-refractivity contribution in [2.75, 3.05) is 7.11 Å². The van der Waals surface area contributed by atoms with Crippen molar-refractivity contribution in [1.29, 1.82) is 0 Å². The molecule has 5 heteroatoms. The highest BCUT2D eigenvalue weighted by Gasteiger charge is 2.21. The van der Waals surface area contributed by atoms with Crippen LogP contribution in [0.3, 0.4) is 0 Å². The molecule has 2 heterocycles. The van der Waals surface area contributed by atoms with E-state index in [4.69, 9.17) is 4.74 Å². The Balaban J connectivity index is 1.76. The maximum absolute atomic E-state index is 5.17. The van der Waals surface area contributed by atoms with Crippen LogP contribution in [-0.2, 0) is 13.1 Å². The number of aryl methyl sites for hydroxylation is 1. The van der Waals surface area contributed by atoms with Crippen LogP contribution in [0.1, 0.15) is 35.5 Å². The first-order valence-corrected chi connectivity index (χ1v) is 7.43. The van der Waals surface area contributed by atoms with Crippen LogP contribution in [0.25, 0.3) is 0 Å². The third-order valence-electron chi connectivity index (χ3n) is 3.98. The minimum atomic E-state index is 0.643. The predicted molar refractivity (Wildman–Crippen MR) is 81.5 cm³/mol. The normalized spacial score (nSPS) is 14.4. The van der Waals surface area contributed by atoms with Gasteiger partial charge in [-0.25, -0.2) is 4.98 Å². The van der Waals surface area contributed by atoms with Gasteiger partial charge in [-0.1, -0.05) is 6.07 Å². The van der Waals surface area contributed by atoms with Crippen LogP contribution in [0.5, 0.6) is 5.88 Å². The van der Waals surface area contributed by atoms with E-state index in [-0.39, 0.29) is 0 Å².